The second kappa shape index (κ2) is 9.25. The van der Waals surface area contributed by atoms with E-state index in [1.54, 1.807) is 54.7 Å². The Morgan fingerprint density at radius 3 is 2.16 bits per heavy atom. The highest BCUT2D eigenvalue weighted by atomic mass is 16.2. The van der Waals surface area contributed by atoms with E-state index < -0.39 is 11.4 Å². The van der Waals surface area contributed by atoms with E-state index in [1.165, 1.54) is 10.8 Å². The molecule has 0 saturated heterocycles. The number of rotatable bonds is 5. The molecule has 1 heterocycles. The molecule has 31 heavy (non-hydrogen) atoms. The molecule has 8 nitrogen and oxygen atoms in total. The van der Waals surface area contributed by atoms with E-state index in [1.807, 2.05) is 26.8 Å². The van der Waals surface area contributed by atoms with Gasteiger partial charge in [-0.05, 0) is 42.0 Å². The van der Waals surface area contributed by atoms with Gasteiger partial charge in [0.05, 0.1) is 6.54 Å². The molecule has 3 amide bonds. The molecule has 3 rings (SSSR count). The normalized spacial score (nSPS) is 10.9. The number of aromatic nitrogens is 2. The summed E-state index contributed by atoms with van der Waals surface area (Å²) in [4.78, 5) is 40.1. The summed E-state index contributed by atoms with van der Waals surface area (Å²) in [6.45, 7) is 5.84. The molecule has 0 aliphatic carbocycles. The van der Waals surface area contributed by atoms with Crippen molar-refractivity contribution in [1.29, 1.82) is 0 Å². The van der Waals surface area contributed by atoms with Crippen molar-refractivity contribution in [2.45, 2.75) is 27.3 Å². The first-order chi connectivity index (χ1) is 14.7. The molecule has 0 unspecified atom stereocenters. The zero-order valence-corrected chi connectivity index (χ0v) is 17.7. The molecule has 8 heteroatoms. The predicted octanol–water partition coefficient (Wildman–Crippen LogP) is 3.92. The standard InChI is InChI=1S/C23H25N5O3/c1-23(2,3)20(29)25-18-9-5-10-19(14-18)27-21(30)26-17-8-4-7-16(13-17)15-28-12-6-11-24-22(28)31/h4-14H,15H2,1-3H3,(H,25,29)(H2,26,27,30). The Labute approximate surface area is 180 Å². The number of anilines is 3. The van der Waals surface area contributed by atoms with E-state index in [2.05, 4.69) is 20.9 Å². The van der Waals surface area contributed by atoms with Crippen molar-refractivity contribution in [2.24, 2.45) is 5.41 Å². The van der Waals surface area contributed by atoms with Gasteiger partial charge in [-0.1, -0.05) is 39.0 Å². The molecule has 1 aromatic heterocycles. The van der Waals surface area contributed by atoms with E-state index in [0.717, 1.165) is 5.56 Å². The summed E-state index contributed by atoms with van der Waals surface area (Å²) >= 11 is 0. The maximum Gasteiger partial charge on any atom is 0.347 e. The Bertz CT molecular complexity index is 1150. The molecule has 160 valence electrons. The van der Waals surface area contributed by atoms with Crippen LogP contribution >= 0.6 is 0 Å². The fourth-order valence-electron chi connectivity index (χ4n) is 2.74. The van der Waals surface area contributed by atoms with E-state index in [0.29, 0.717) is 23.6 Å². The second-order valence-corrected chi connectivity index (χ2v) is 8.09. The number of nitrogens with one attached hydrogen (secondary N) is 3. The monoisotopic (exact) mass is 419 g/mol. The van der Waals surface area contributed by atoms with Crippen molar-refractivity contribution < 1.29 is 9.59 Å². The topological polar surface area (TPSA) is 105 Å². The first kappa shape index (κ1) is 21.8. The van der Waals surface area contributed by atoms with Crippen LogP contribution in [0.5, 0.6) is 0 Å². The van der Waals surface area contributed by atoms with Crippen LogP contribution in [0, 0.1) is 5.41 Å². The zero-order chi connectivity index (χ0) is 22.4. The quantitative estimate of drug-likeness (QED) is 0.583. The molecule has 2 aromatic carbocycles. The van der Waals surface area contributed by atoms with Gasteiger partial charge >= 0.3 is 11.7 Å². The minimum atomic E-state index is -0.521. The van der Waals surface area contributed by atoms with Gasteiger partial charge in [0.15, 0.2) is 0 Å². The van der Waals surface area contributed by atoms with Gasteiger partial charge in [0.2, 0.25) is 5.91 Å². The van der Waals surface area contributed by atoms with Gasteiger partial charge in [-0.2, -0.15) is 0 Å². The van der Waals surface area contributed by atoms with Crippen molar-refractivity contribution in [3.05, 3.63) is 83.0 Å². The van der Waals surface area contributed by atoms with Crippen molar-refractivity contribution in [3.63, 3.8) is 0 Å². The van der Waals surface area contributed by atoms with E-state index in [9.17, 15) is 14.4 Å². The van der Waals surface area contributed by atoms with Crippen LogP contribution in [0.1, 0.15) is 26.3 Å². The number of benzene rings is 2. The highest BCUT2D eigenvalue weighted by Crippen LogP contribution is 2.20. The van der Waals surface area contributed by atoms with Crippen LogP contribution in [-0.4, -0.2) is 21.5 Å². The third-order valence-corrected chi connectivity index (χ3v) is 4.38. The summed E-state index contributed by atoms with van der Waals surface area (Å²) in [7, 11) is 0. The largest absolute Gasteiger partial charge is 0.347 e. The van der Waals surface area contributed by atoms with E-state index in [-0.39, 0.29) is 11.6 Å². The number of carbonyl (C=O) groups excluding carboxylic acids is 2. The van der Waals surface area contributed by atoms with Crippen LogP contribution in [0.15, 0.2) is 71.8 Å². The summed E-state index contributed by atoms with van der Waals surface area (Å²) in [6.07, 6.45) is 3.11. The minimum absolute atomic E-state index is 0.112. The summed E-state index contributed by atoms with van der Waals surface area (Å²) in [6, 6.07) is 15.4. The lowest BCUT2D eigenvalue weighted by atomic mass is 9.95. The first-order valence-corrected chi connectivity index (χ1v) is 9.81. The van der Waals surface area contributed by atoms with Gasteiger partial charge < -0.3 is 16.0 Å². The average molecular weight is 419 g/mol. The van der Waals surface area contributed by atoms with Gasteiger partial charge in [0, 0.05) is 34.9 Å². The molecular formula is C23H25N5O3. The molecular weight excluding hydrogens is 394 g/mol. The third-order valence-electron chi connectivity index (χ3n) is 4.38. The number of carbonyl (C=O) groups is 2. The van der Waals surface area contributed by atoms with E-state index >= 15 is 0 Å². The number of nitrogens with zero attached hydrogens (tertiary/aromatic N) is 2. The van der Waals surface area contributed by atoms with Crippen LogP contribution in [0.4, 0.5) is 21.9 Å². The second-order valence-electron chi connectivity index (χ2n) is 8.09. The van der Waals surface area contributed by atoms with Gasteiger partial charge in [0.25, 0.3) is 0 Å². The molecule has 0 aliphatic rings. The van der Waals surface area contributed by atoms with Crippen molar-refractivity contribution in [3.8, 4) is 0 Å². The Kier molecular flexibility index (Phi) is 6.49. The fraction of sp³-hybridized carbons (Fsp3) is 0.217. The Hall–Kier alpha value is -3.94. The molecule has 0 saturated carbocycles. The van der Waals surface area contributed by atoms with Crippen LogP contribution in [0.3, 0.4) is 0 Å². The average Bonchev–Trinajstić information content (AvgIpc) is 2.69. The number of amides is 3. The molecule has 0 aliphatic heterocycles. The minimum Gasteiger partial charge on any atom is -0.326 e. The van der Waals surface area contributed by atoms with Crippen LogP contribution < -0.4 is 21.6 Å². The van der Waals surface area contributed by atoms with Crippen LogP contribution in [0.2, 0.25) is 0 Å². The molecule has 3 N–H and O–H groups in total. The van der Waals surface area contributed by atoms with Crippen LogP contribution in [0.25, 0.3) is 0 Å². The third kappa shape index (κ3) is 6.27. The maximum absolute atomic E-state index is 12.4. The lowest BCUT2D eigenvalue weighted by Crippen LogP contribution is -2.27. The smallest absolute Gasteiger partial charge is 0.326 e. The van der Waals surface area contributed by atoms with Gasteiger partial charge in [-0.15, -0.1) is 0 Å². The summed E-state index contributed by atoms with van der Waals surface area (Å²) in [5.41, 5.74) is 1.72. The summed E-state index contributed by atoms with van der Waals surface area (Å²) in [5.74, 6) is -0.112. The van der Waals surface area contributed by atoms with Gasteiger partial charge in [0.1, 0.15) is 0 Å². The Morgan fingerprint density at radius 1 is 0.903 bits per heavy atom. The summed E-state index contributed by atoms with van der Waals surface area (Å²) < 4.78 is 1.48. The molecule has 0 atom stereocenters. The maximum atomic E-state index is 12.4. The lowest BCUT2D eigenvalue weighted by molar-refractivity contribution is -0.123. The van der Waals surface area contributed by atoms with Gasteiger partial charge in [-0.3, -0.25) is 9.36 Å². The molecule has 0 radical (unpaired) electrons. The Morgan fingerprint density at radius 2 is 1.52 bits per heavy atom. The summed E-state index contributed by atoms with van der Waals surface area (Å²) in [5, 5.41) is 8.37. The highest BCUT2D eigenvalue weighted by Gasteiger charge is 2.21. The number of urea groups is 1. The first-order valence-electron chi connectivity index (χ1n) is 9.81. The zero-order valence-electron chi connectivity index (χ0n) is 17.7. The number of hydrogen-bond acceptors (Lipinski definition) is 4. The molecule has 3 aromatic rings. The van der Waals surface area contributed by atoms with E-state index in [4.69, 9.17) is 0 Å². The van der Waals surface area contributed by atoms with Crippen molar-refractivity contribution >= 4 is 29.0 Å². The molecule has 0 fully saturated rings. The highest BCUT2D eigenvalue weighted by molar-refractivity contribution is 6.00. The fourth-order valence-corrected chi connectivity index (χ4v) is 2.74. The SMILES string of the molecule is CC(C)(C)C(=O)Nc1cccc(NC(=O)Nc2cccc(Cn3cccnc3=O)c2)c1. The molecule has 0 spiro atoms. The van der Waals surface area contributed by atoms with Crippen molar-refractivity contribution in [2.75, 3.05) is 16.0 Å². The molecule has 0 bridgehead atoms. The lowest BCUT2D eigenvalue weighted by Gasteiger charge is -2.18. The van der Waals surface area contributed by atoms with Crippen molar-refractivity contribution in [1.82, 2.24) is 9.55 Å². The van der Waals surface area contributed by atoms with Crippen LogP contribution in [-0.2, 0) is 11.3 Å². The number of hydrogen-bond donors (Lipinski definition) is 3. The predicted molar refractivity (Wildman–Crippen MR) is 121 cm³/mol. The van der Waals surface area contributed by atoms with Gasteiger partial charge in [-0.25, -0.2) is 14.6 Å². The Balaban J connectivity index is 1.64.